The van der Waals surface area contributed by atoms with Gasteiger partial charge in [-0.3, -0.25) is 14.6 Å². The van der Waals surface area contributed by atoms with Crippen LogP contribution in [-0.4, -0.2) is 52.8 Å². The molecule has 2 unspecified atom stereocenters. The molecule has 1 aliphatic rings. The van der Waals surface area contributed by atoms with Crippen molar-refractivity contribution in [3.8, 4) is 0 Å². The van der Waals surface area contributed by atoms with Crippen LogP contribution in [0.3, 0.4) is 0 Å². The molecule has 1 fully saturated rings. The van der Waals surface area contributed by atoms with Gasteiger partial charge in [0, 0.05) is 7.11 Å². The van der Waals surface area contributed by atoms with Crippen molar-refractivity contribution in [2.45, 2.75) is 18.2 Å². The predicted octanol–water partition coefficient (Wildman–Crippen LogP) is -0.811. The Morgan fingerprint density at radius 3 is 2.85 bits per heavy atom. The summed E-state index contributed by atoms with van der Waals surface area (Å²) in [5.41, 5.74) is 0. The summed E-state index contributed by atoms with van der Waals surface area (Å²) in [6, 6.07) is -0.596. The van der Waals surface area contributed by atoms with Gasteiger partial charge in [0.05, 0.1) is 6.61 Å². The van der Waals surface area contributed by atoms with Crippen molar-refractivity contribution in [2.75, 3.05) is 13.7 Å². The molecule has 0 aromatic carbocycles. The number of carbonyl (C=O) groups is 1. The van der Waals surface area contributed by atoms with Crippen molar-refractivity contribution in [2.24, 2.45) is 0 Å². The maximum atomic E-state index is 11.1. The molecule has 74 valence electrons. The lowest BCUT2D eigenvalue weighted by Crippen LogP contribution is -2.66. The Morgan fingerprint density at radius 1 is 1.85 bits per heavy atom. The van der Waals surface area contributed by atoms with E-state index in [-0.39, 0.29) is 14.4 Å². The Bertz CT molecular complexity index is 225. The summed E-state index contributed by atoms with van der Waals surface area (Å²) in [7, 11) is 1.37. The molecular weight excluding hydrogens is 195 g/mol. The van der Waals surface area contributed by atoms with Crippen molar-refractivity contribution < 1.29 is 19.7 Å². The summed E-state index contributed by atoms with van der Waals surface area (Å²) in [4.78, 5) is 11.1. The number of carbonyl (C=O) groups excluding carboxylic acids is 1. The van der Waals surface area contributed by atoms with E-state index in [1.165, 1.54) is 7.11 Å². The van der Waals surface area contributed by atoms with Gasteiger partial charge in [-0.05, 0) is 0 Å². The number of rotatable bonds is 4. The smallest absolute Gasteiger partial charge is 0.262 e. The van der Waals surface area contributed by atoms with Crippen molar-refractivity contribution >= 4 is 14.4 Å². The van der Waals surface area contributed by atoms with Crippen LogP contribution in [0.5, 0.6) is 0 Å². The van der Waals surface area contributed by atoms with Crippen molar-refractivity contribution in [1.29, 1.82) is 5.16 Å². The fraction of sp³-hybridized carbons (Fsp3) is 0.833. The SMILES string of the molecule is CO[C@H]1C(=O)N(P=N)C1C(O)CO. The van der Waals surface area contributed by atoms with Crippen LogP contribution < -0.4 is 0 Å². The summed E-state index contributed by atoms with van der Waals surface area (Å²) < 4.78 is 5.95. The van der Waals surface area contributed by atoms with Gasteiger partial charge in [-0.1, -0.05) is 0 Å². The average molecular weight is 206 g/mol. The number of hydrogen-bond donors (Lipinski definition) is 3. The van der Waals surface area contributed by atoms with Gasteiger partial charge in [-0.2, -0.15) is 0 Å². The van der Waals surface area contributed by atoms with E-state index < -0.39 is 24.9 Å². The van der Waals surface area contributed by atoms with Gasteiger partial charge in [0.1, 0.15) is 20.7 Å². The first kappa shape index (κ1) is 10.5. The minimum Gasteiger partial charge on any atom is -0.394 e. The molecule has 0 saturated carbocycles. The van der Waals surface area contributed by atoms with E-state index in [1.807, 2.05) is 0 Å². The van der Waals surface area contributed by atoms with E-state index >= 15 is 0 Å². The zero-order valence-corrected chi connectivity index (χ0v) is 7.94. The average Bonchev–Trinajstić information content (AvgIpc) is 2.14. The zero-order chi connectivity index (χ0) is 10.0. The number of ether oxygens (including phenoxy) is 1. The van der Waals surface area contributed by atoms with Crippen LogP contribution in [0.15, 0.2) is 0 Å². The van der Waals surface area contributed by atoms with E-state index in [9.17, 15) is 9.90 Å². The molecule has 1 amide bonds. The highest BCUT2D eigenvalue weighted by Gasteiger charge is 2.51. The maximum Gasteiger partial charge on any atom is 0.262 e. The molecule has 1 rings (SSSR count). The van der Waals surface area contributed by atoms with Gasteiger partial charge in [-0.15, -0.1) is 0 Å². The number of nitrogens with zero attached hydrogens (tertiary/aromatic N) is 1. The molecule has 7 heteroatoms. The molecule has 3 atom stereocenters. The molecule has 0 aromatic heterocycles. The van der Waals surface area contributed by atoms with Gasteiger partial charge >= 0.3 is 0 Å². The van der Waals surface area contributed by atoms with Crippen molar-refractivity contribution in [1.82, 2.24) is 4.67 Å². The Morgan fingerprint density at radius 2 is 2.46 bits per heavy atom. The summed E-state index contributed by atoms with van der Waals surface area (Å²) in [6.07, 6.45) is -1.76. The predicted molar refractivity (Wildman–Crippen MR) is 44.2 cm³/mol. The number of β-lactam (4-membered cyclic amide) rings is 1. The third-order valence-electron chi connectivity index (χ3n) is 2.00. The molecule has 1 saturated heterocycles. The second-order valence-corrected chi connectivity index (χ2v) is 3.31. The van der Waals surface area contributed by atoms with Gasteiger partial charge in [0.15, 0.2) is 6.10 Å². The molecular formula is C6H11N2O4P. The molecule has 3 N–H and O–H groups in total. The first-order valence-corrected chi connectivity index (χ1v) is 4.54. The molecule has 1 heterocycles. The topological polar surface area (TPSA) is 93.9 Å². The number of aliphatic hydroxyl groups excluding tert-OH is 2. The standard InChI is InChI=1S/C6H11N2O4P/c1-12-5-4(3(10)2-9)8(13-7)6(5)11/h3-5,7,9-10H,2H2,1H3/t3?,4?,5-/m1/s1. The number of aliphatic hydroxyl groups is 2. The third-order valence-corrected chi connectivity index (χ3v) is 2.68. The van der Waals surface area contributed by atoms with E-state index in [0.29, 0.717) is 0 Å². The van der Waals surface area contributed by atoms with E-state index in [4.69, 9.17) is 15.0 Å². The van der Waals surface area contributed by atoms with Gasteiger partial charge in [0.2, 0.25) is 0 Å². The van der Waals surface area contributed by atoms with Crippen LogP contribution in [0.2, 0.25) is 0 Å². The lowest BCUT2D eigenvalue weighted by Gasteiger charge is -2.44. The highest BCUT2D eigenvalue weighted by Crippen LogP contribution is 2.31. The van der Waals surface area contributed by atoms with Gasteiger partial charge < -0.3 is 14.9 Å². The third kappa shape index (κ3) is 1.58. The minimum atomic E-state index is -1.04. The second-order valence-electron chi connectivity index (χ2n) is 2.68. The molecule has 0 bridgehead atoms. The molecule has 0 radical (unpaired) electrons. The van der Waals surface area contributed by atoms with Gasteiger partial charge in [0.25, 0.3) is 5.91 Å². The normalized spacial score (nSPS) is 30.4. The lowest BCUT2D eigenvalue weighted by atomic mass is 9.96. The van der Waals surface area contributed by atoms with Crippen LogP contribution in [0.1, 0.15) is 0 Å². The first-order chi connectivity index (χ1) is 6.17. The van der Waals surface area contributed by atoms with Crippen molar-refractivity contribution in [3.05, 3.63) is 0 Å². The maximum absolute atomic E-state index is 11.1. The largest absolute Gasteiger partial charge is 0.394 e. The van der Waals surface area contributed by atoms with Gasteiger partial charge in [-0.25, -0.2) is 0 Å². The molecule has 0 aliphatic carbocycles. The summed E-state index contributed by atoms with van der Waals surface area (Å²) in [6.45, 7) is -0.441. The molecule has 0 spiro atoms. The van der Waals surface area contributed by atoms with E-state index in [2.05, 4.69) is 0 Å². The van der Waals surface area contributed by atoms with E-state index in [1.54, 1.807) is 0 Å². The van der Waals surface area contributed by atoms with Crippen molar-refractivity contribution in [3.63, 3.8) is 0 Å². The summed E-state index contributed by atoms with van der Waals surface area (Å²) in [5, 5.41) is 24.9. The first-order valence-electron chi connectivity index (χ1n) is 3.69. The highest BCUT2D eigenvalue weighted by atomic mass is 31.1. The van der Waals surface area contributed by atoms with Crippen LogP contribution >= 0.6 is 8.52 Å². The Labute approximate surface area is 76.8 Å². The van der Waals surface area contributed by atoms with Crippen LogP contribution in [0.4, 0.5) is 0 Å². The number of nitrogens with one attached hydrogen (secondary N) is 1. The molecule has 0 aromatic rings. The Kier molecular flexibility index (Phi) is 3.33. The Hall–Kier alpha value is -0.550. The summed E-state index contributed by atoms with van der Waals surface area (Å²) in [5.74, 6) is -0.323. The quantitative estimate of drug-likeness (QED) is 0.414. The molecule has 1 aliphatic heterocycles. The van der Waals surface area contributed by atoms with Crippen LogP contribution in [-0.2, 0) is 9.53 Å². The monoisotopic (exact) mass is 206 g/mol. The fourth-order valence-corrected chi connectivity index (χ4v) is 1.92. The Balaban J connectivity index is 2.69. The van der Waals surface area contributed by atoms with Crippen LogP contribution in [0, 0.1) is 5.16 Å². The fourth-order valence-electron chi connectivity index (χ4n) is 1.30. The van der Waals surface area contributed by atoms with E-state index in [0.717, 1.165) is 4.67 Å². The molecule has 13 heavy (non-hydrogen) atoms. The zero-order valence-electron chi connectivity index (χ0n) is 7.04. The second kappa shape index (κ2) is 4.11. The summed E-state index contributed by atoms with van der Waals surface area (Å²) >= 11 is 0. The number of amides is 1. The highest BCUT2D eigenvalue weighted by molar-refractivity contribution is 7.23. The molecule has 6 nitrogen and oxygen atoms in total. The minimum absolute atomic E-state index is 0.00989. The van der Waals surface area contributed by atoms with Crippen LogP contribution in [0.25, 0.3) is 0 Å². The number of hydrogen-bond acceptors (Lipinski definition) is 5. The number of methoxy groups -OCH3 is 1. The lowest BCUT2D eigenvalue weighted by molar-refractivity contribution is -0.168.